The van der Waals surface area contributed by atoms with Gasteiger partial charge in [0.25, 0.3) is 0 Å². The first-order chi connectivity index (χ1) is 12.1. The molecule has 3 heterocycles. The molecule has 1 spiro atoms. The quantitative estimate of drug-likeness (QED) is 0.792. The van der Waals surface area contributed by atoms with Gasteiger partial charge >= 0.3 is 5.97 Å². The van der Waals surface area contributed by atoms with Gasteiger partial charge in [-0.1, -0.05) is 30.3 Å². The van der Waals surface area contributed by atoms with Gasteiger partial charge in [0.05, 0.1) is 17.5 Å². The lowest BCUT2D eigenvalue weighted by atomic mass is 9.92. The van der Waals surface area contributed by atoms with E-state index in [-0.39, 0.29) is 17.3 Å². The van der Waals surface area contributed by atoms with Crippen LogP contribution >= 0.6 is 0 Å². The van der Waals surface area contributed by atoms with Crippen molar-refractivity contribution in [3.63, 3.8) is 0 Å². The number of nitrogens with zero attached hydrogens (tertiary/aromatic N) is 2. The van der Waals surface area contributed by atoms with E-state index in [1.165, 1.54) is 0 Å². The average molecular weight is 334 g/mol. The number of hydrogen-bond acceptors (Lipinski definition) is 4. The maximum Gasteiger partial charge on any atom is 0.341 e. The number of likely N-dealkylation sites (tertiary alicyclic amines) is 1. The molecule has 25 heavy (non-hydrogen) atoms. The Morgan fingerprint density at radius 3 is 2.68 bits per heavy atom. The van der Waals surface area contributed by atoms with Crippen molar-refractivity contribution < 1.29 is 14.3 Å². The van der Waals surface area contributed by atoms with Gasteiger partial charge in [0.1, 0.15) is 0 Å². The highest BCUT2D eigenvalue weighted by molar-refractivity contribution is 5.95. The number of amides is 1. The minimum Gasteiger partial charge on any atom is -0.449 e. The van der Waals surface area contributed by atoms with Crippen LogP contribution in [0.1, 0.15) is 40.7 Å². The van der Waals surface area contributed by atoms with E-state index < -0.39 is 5.60 Å². The maximum atomic E-state index is 13.2. The molecule has 1 amide bonds. The molecule has 1 aromatic heterocycles. The van der Waals surface area contributed by atoms with Crippen molar-refractivity contribution >= 4 is 11.9 Å². The summed E-state index contributed by atoms with van der Waals surface area (Å²) >= 11 is 0. The first-order valence-corrected chi connectivity index (χ1v) is 8.67. The molecule has 5 rings (SSSR count). The number of aromatic nitrogens is 1. The van der Waals surface area contributed by atoms with Crippen molar-refractivity contribution in [2.75, 3.05) is 13.1 Å². The van der Waals surface area contributed by atoms with Crippen LogP contribution in [0.15, 0.2) is 48.8 Å². The number of ether oxygens (including phenoxy) is 1. The molecule has 1 unspecified atom stereocenters. The predicted molar refractivity (Wildman–Crippen MR) is 89.9 cm³/mol. The second kappa shape index (κ2) is 4.91. The Morgan fingerprint density at radius 1 is 1.12 bits per heavy atom. The van der Waals surface area contributed by atoms with E-state index >= 15 is 0 Å². The van der Waals surface area contributed by atoms with E-state index in [4.69, 9.17) is 4.74 Å². The first-order valence-electron chi connectivity index (χ1n) is 8.67. The highest BCUT2D eigenvalue weighted by Crippen LogP contribution is 2.51. The third-order valence-corrected chi connectivity index (χ3v) is 5.82. The minimum atomic E-state index is -0.697. The molecule has 2 aromatic rings. The molecule has 5 nitrogen and oxygen atoms in total. The third-order valence-electron chi connectivity index (χ3n) is 5.82. The summed E-state index contributed by atoms with van der Waals surface area (Å²) in [5.41, 5.74) is 1.41. The number of fused-ring (bicyclic) bond motifs is 2. The topological polar surface area (TPSA) is 59.5 Å². The van der Waals surface area contributed by atoms with Gasteiger partial charge in [0.15, 0.2) is 5.60 Å². The largest absolute Gasteiger partial charge is 0.449 e. The number of rotatable bonds is 2. The Labute approximate surface area is 145 Å². The van der Waals surface area contributed by atoms with Crippen molar-refractivity contribution in [1.82, 2.24) is 9.88 Å². The Bertz CT molecular complexity index is 876. The second-order valence-corrected chi connectivity index (χ2v) is 7.23. The summed E-state index contributed by atoms with van der Waals surface area (Å²) in [5, 5.41) is 0. The van der Waals surface area contributed by atoms with Crippen LogP contribution in [0.5, 0.6) is 0 Å². The van der Waals surface area contributed by atoms with Crippen molar-refractivity contribution in [3.8, 4) is 0 Å². The van der Waals surface area contributed by atoms with Gasteiger partial charge in [-0.15, -0.1) is 0 Å². The lowest BCUT2D eigenvalue weighted by Gasteiger charge is -2.26. The van der Waals surface area contributed by atoms with E-state index in [0.717, 1.165) is 24.0 Å². The highest BCUT2D eigenvalue weighted by Gasteiger charge is 2.57. The summed E-state index contributed by atoms with van der Waals surface area (Å²) in [4.78, 5) is 31.3. The lowest BCUT2D eigenvalue weighted by molar-refractivity contribution is -0.134. The monoisotopic (exact) mass is 334 g/mol. The third kappa shape index (κ3) is 1.98. The molecule has 0 N–H and O–H groups in total. The van der Waals surface area contributed by atoms with E-state index in [1.807, 2.05) is 41.3 Å². The van der Waals surface area contributed by atoms with Crippen molar-refractivity contribution in [3.05, 3.63) is 65.5 Å². The summed E-state index contributed by atoms with van der Waals surface area (Å²) < 4.78 is 5.73. The number of benzene rings is 1. The molecule has 2 fully saturated rings. The number of carbonyl (C=O) groups excluding carboxylic acids is 2. The molecule has 1 saturated heterocycles. The molecule has 1 atom stereocenters. The number of carbonyl (C=O) groups is 2. The van der Waals surface area contributed by atoms with Gasteiger partial charge in [0, 0.05) is 30.9 Å². The Hall–Kier alpha value is -2.69. The summed E-state index contributed by atoms with van der Waals surface area (Å²) in [7, 11) is 0. The number of esters is 1. The fourth-order valence-corrected chi connectivity index (χ4v) is 4.31. The molecule has 0 radical (unpaired) electrons. The Morgan fingerprint density at radius 2 is 1.92 bits per heavy atom. The van der Waals surface area contributed by atoms with Gasteiger partial charge in [-0.25, -0.2) is 4.79 Å². The van der Waals surface area contributed by atoms with Gasteiger partial charge in [-0.2, -0.15) is 0 Å². The standard InChI is InChI=1S/C20H18N2O3/c23-17-15-12-21-10-6-16(15)20(25-17)9-11-22(13-20)18(24)19(7-8-19)14-4-2-1-3-5-14/h1-6,10,12H,7-9,11,13H2. The molecule has 1 aromatic carbocycles. The van der Waals surface area contributed by atoms with Gasteiger partial charge in [0.2, 0.25) is 5.91 Å². The minimum absolute atomic E-state index is 0.161. The highest BCUT2D eigenvalue weighted by atomic mass is 16.6. The summed E-state index contributed by atoms with van der Waals surface area (Å²) in [6.45, 7) is 1.05. The maximum absolute atomic E-state index is 13.2. The zero-order chi connectivity index (χ0) is 17.1. The van der Waals surface area contributed by atoms with E-state index in [9.17, 15) is 9.59 Å². The van der Waals surface area contributed by atoms with Crippen LogP contribution in [0.3, 0.4) is 0 Å². The lowest BCUT2D eigenvalue weighted by Crippen LogP contribution is -2.40. The second-order valence-electron chi connectivity index (χ2n) is 7.23. The van der Waals surface area contributed by atoms with Crippen LogP contribution in [-0.4, -0.2) is 34.8 Å². The fraction of sp³-hybridized carbons (Fsp3) is 0.350. The van der Waals surface area contributed by atoms with Crippen LogP contribution < -0.4 is 0 Å². The molecular weight excluding hydrogens is 316 g/mol. The fourth-order valence-electron chi connectivity index (χ4n) is 4.31. The van der Waals surface area contributed by atoms with Crippen LogP contribution in [0.4, 0.5) is 0 Å². The Kier molecular flexibility index (Phi) is 2.87. The van der Waals surface area contributed by atoms with Gasteiger partial charge in [-0.3, -0.25) is 9.78 Å². The van der Waals surface area contributed by atoms with Crippen molar-refractivity contribution in [2.45, 2.75) is 30.3 Å². The van der Waals surface area contributed by atoms with E-state index in [1.54, 1.807) is 12.4 Å². The molecule has 2 aliphatic heterocycles. The molecule has 3 aliphatic rings. The van der Waals surface area contributed by atoms with Gasteiger partial charge < -0.3 is 9.64 Å². The summed E-state index contributed by atoms with van der Waals surface area (Å²) in [6, 6.07) is 11.9. The molecule has 1 saturated carbocycles. The predicted octanol–water partition coefficient (Wildman–Crippen LogP) is 2.41. The van der Waals surface area contributed by atoms with Crippen molar-refractivity contribution in [1.29, 1.82) is 0 Å². The summed E-state index contributed by atoms with van der Waals surface area (Å²) in [5.74, 6) is -0.171. The smallest absolute Gasteiger partial charge is 0.341 e. The Balaban J connectivity index is 1.44. The molecular formula is C20H18N2O3. The zero-order valence-electron chi connectivity index (χ0n) is 13.8. The molecule has 126 valence electrons. The van der Waals surface area contributed by atoms with Crippen molar-refractivity contribution in [2.24, 2.45) is 0 Å². The van der Waals surface area contributed by atoms with E-state index in [2.05, 4.69) is 4.98 Å². The van der Waals surface area contributed by atoms with Crippen LogP contribution in [-0.2, 0) is 20.5 Å². The summed E-state index contributed by atoms with van der Waals surface area (Å²) in [6.07, 6.45) is 5.66. The average Bonchev–Trinajstić information content (AvgIpc) is 3.29. The normalized spacial score (nSPS) is 25.8. The number of pyridine rings is 1. The van der Waals surface area contributed by atoms with Crippen LogP contribution in [0.2, 0.25) is 0 Å². The zero-order valence-corrected chi connectivity index (χ0v) is 13.8. The SMILES string of the molecule is O=C1OC2(CCN(C(=O)C3(c4ccccc4)CC3)C2)c2ccncc21. The molecule has 0 bridgehead atoms. The van der Waals surface area contributed by atoms with Crippen LogP contribution in [0.25, 0.3) is 0 Å². The first kappa shape index (κ1) is 14.6. The van der Waals surface area contributed by atoms with E-state index in [0.29, 0.717) is 25.1 Å². The van der Waals surface area contributed by atoms with Gasteiger partial charge in [-0.05, 0) is 24.5 Å². The molecule has 1 aliphatic carbocycles. The number of hydrogen-bond donors (Lipinski definition) is 0. The van der Waals surface area contributed by atoms with Crippen LogP contribution in [0, 0.1) is 0 Å². The molecule has 5 heteroatoms.